The second kappa shape index (κ2) is 3.53. The Hall–Kier alpha value is -1.42. The zero-order valence-electron chi connectivity index (χ0n) is 6.74. The lowest BCUT2D eigenvalue weighted by molar-refractivity contribution is 0.0600. The number of halogens is 1. The number of carbonyl (C=O) groups excluding carboxylic acids is 1. The Labute approximate surface area is 79.3 Å². The molecule has 1 aromatic carbocycles. The normalized spacial score (nSPS) is 9.69. The van der Waals surface area contributed by atoms with Gasteiger partial charge in [0.05, 0.1) is 12.7 Å². The van der Waals surface area contributed by atoms with Gasteiger partial charge in [-0.3, -0.25) is 0 Å². The fourth-order valence-corrected chi connectivity index (χ4v) is 1.06. The van der Waals surface area contributed by atoms with Crippen LogP contribution in [-0.2, 0) is 4.74 Å². The predicted octanol–water partition coefficient (Wildman–Crippen LogP) is 1.54. The molecule has 0 aliphatic heterocycles. The van der Waals surface area contributed by atoms with E-state index in [1.807, 2.05) is 0 Å². The molecular formula is C8H7ClO4. The smallest absolute Gasteiger partial charge is 0.339 e. The molecule has 0 aromatic heterocycles. The van der Waals surface area contributed by atoms with Crippen molar-refractivity contribution in [3.05, 3.63) is 22.7 Å². The molecule has 5 heteroatoms. The minimum absolute atomic E-state index is 0.0134. The van der Waals surface area contributed by atoms with Crippen molar-refractivity contribution in [2.24, 2.45) is 0 Å². The highest BCUT2D eigenvalue weighted by Crippen LogP contribution is 2.35. The number of phenolic OH excluding ortho intramolecular Hbond substituents is 2. The number of ether oxygens (including phenoxy) is 1. The van der Waals surface area contributed by atoms with Crippen LogP contribution in [0.5, 0.6) is 11.5 Å². The summed E-state index contributed by atoms with van der Waals surface area (Å²) in [7, 11) is 1.20. The molecule has 0 saturated carbocycles. The summed E-state index contributed by atoms with van der Waals surface area (Å²) >= 11 is 5.56. The molecule has 1 rings (SSSR count). The SMILES string of the molecule is COC(=O)c1ccc(O)c(O)c1Cl. The van der Waals surface area contributed by atoms with E-state index in [0.29, 0.717) is 0 Å². The molecule has 4 nitrogen and oxygen atoms in total. The summed E-state index contributed by atoms with van der Waals surface area (Å²) in [5, 5.41) is 17.9. The first kappa shape index (κ1) is 9.67. The first-order valence-corrected chi connectivity index (χ1v) is 3.74. The van der Waals surface area contributed by atoms with Crippen molar-refractivity contribution < 1.29 is 19.7 Å². The number of hydrogen-bond acceptors (Lipinski definition) is 4. The fourth-order valence-electron chi connectivity index (χ4n) is 0.822. The van der Waals surface area contributed by atoms with E-state index in [4.69, 9.17) is 21.8 Å². The van der Waals surface area contributed by atoms with E-state index in [-0.39, 0.29) is 16.3 Å². The van der Waals surface area contributed by atoms with Crippen LogP contribution >= 0.6 is 11.6 Å². The maximum atomic E-state index is 11.0. The van der Waals surface area contributed by atoms with E-state index in [1.54, 1.807) is 0 Å². The van der Waals surface area contributed by atoms with E-state index in [0.717, 1.165) is 6.07 Å². The van der Waals surface area contributed by atoms with Gasteiger partial charge in [-0.25, -0.2) is 4.79 Å². The van der Waals surface area contributed by atoms with Gasteiger partial charge in [-0.1, -0.05) is 11.6 Å². The van der Waals surface area contributed by atoms with E-state index in [2.05, 4.69) is 4.74 Å². The monoisotopic (exact) mass is 202 g/mol. The molecule has 1 aromatic rings. The highest BCUT2D eigenvalue weighted by molar-refractivity contribution is 6.35. The van der Waals surface area contributed by atoms with E-state index < -0.39 is 11.7 Å². The zero-order valence-corrected chi connectivity index (χ0v) is 7.50. The van der Waals surface area contributed by atoms with Gasteiger partial charge in [-0.05, 0) is 12.1 Å². The van der Waals surface area contributed by atoms with Gasteiger partial charge in [0.25, 0.3) is 0 Å². The van der Waals surface area contributed by atoms with Gasteiger partial charge < -0.3 is 14.9 Å². The maximum Gasteiger partial charge on any atom is 0.339 e. The van der Waals surface area contributed by atoms with Crippen molar-refractivity contribution in [2.75, 3.05) is 7.11 Å². The second-order valence-corrected chi connectivity index (χ2v) is 2.66. The van der Waals surface area contributed by atoms with Crippen LogP contribution in [0.1, 0.15) is 10.4 Å². The Kier molecular flexibility index (Phi) is 2.63. The minimum atomic E-state index is -0.666. The molecule has 2 N–H and O–H groups in total. The first-order valence-electron chi connectivity index (χ1n) is 3.36. The Morgan fingerprint density at radius 3 is 2.62 bits per heavy atom. The van der Waals surface area contributed by atoms with E-state index in [1.165, 1.54) is 13.2 Å². The lowest BCUT2D eigenvalue weighted by atomic mass is 10.2. The van der Waals surface area contributed by atoms with E-state index in [9.17, 15) is 4.79 Å². The molecule has 0 atom stereocenters. The largest absolute Gasteiger partial charge is 0.504 e. The average Bonchev–Trinajstić information content (AvgIpc) is 2.13. The van der Waals surface area contributed by atoms with Gasteiger partial charge in [0, 0.05) is 0 Å². The Bertz CT molecular complexity index is 348. The quantitative estimate of drug-likeness (QED) is 0.536. The van der Waals surface area contributed by atoms with Crippen LogP contribution in [0.15, 0.2) is 12.1 Å². The van der Waals surface area contributed by atoms with Crippen molar-refractivity contribution in [3.8, 4) is 11.5 Å². The maximum absolute atomic E-state index is 11.0. The van der Waals surface area contributed by atoms with Gasteiger partial charge in [-0.15, -0.1) is 0 Å². The Morgan fingerprint density at radius 1 is 1.46 bits per heavy atom. The number of hydrogen-bond donors (Lipinski definition) is 2. The molecule has 0 aliphatic rings. The van der Waals surface area contributed by atoms with Crippen LogP contribution < -0.4 is 0 Å². The molecular weight excluding hydrogens is 196 g/mol. The summed E-state index contributed by atoms with van der Waals surface area (Å²) < 4.78 is 4.40. The van der Waals surface area contributed by atoms with Gasteiger partial charge in [0.2, 0.25) is 0 Å². The highest BCUT2D eigenvalue weighted by Gasteiger charge is 2.15. The Morgan fingerprint density at radius 2 is 2.08 bits per heavy atom. The number of carbonyl (C=O) groups is 1. The summed E-state index contributed by atoms with van der Waals surface area (Å²) in [5.41, 5.74) is 0.0134. The summed E-state index contributed by atoms with van der Waals surface area (Å²) in [6, 6.07) is 2.43. The predicted molar refractivity (Wildman–Crippen MR) is 46.1 cm³/mol. The molecule has 0 bridgehead atoms. The van der Waals surface area contributed by atoms with Gasteiger partial charge in [0.15, 0.2) is 11.5 Å². The molecule has 0 fully saturated rings. The van der Waals surface area contributed by atoms with Gasteiger partial charge in [0.1, 0.15) is 5.02 Å². The third kappa shape index (κ3) is 1.67. The van der Waals surface area contributed by atoms with E-state index >= 15 is 0 Å². The zero-order chi connectivity index (χ0) is 10.0. The first-order chi connectivity index (χ1) is 6.07. The second-order valence-electron chi connectivity index (χ2n) is 2.29. The fraction of sp³-hybridized carbons (Fsp3) is 0.125. The molecule has 0 amide bonds. The van der Waals surface area contributed by atoms with Crippen LogP contribution in [-0.4, -0.2) is 23.3 Å². The number of rotatable bonds is 1. The summed E-state index contributed by atoms with van der Waals surface area (Å²) in [4.78, 5) is 11.0. The van der Waals surface area contributed by atoms with Crippen LogP contribution in [0.3, 0.4) is 0 Å². The van der Waals surface area contributed by atoms with Crippen LogP contribution in [0.25, 0.3) is 0 Å². The highest BCUT2D eigenvalue weighted by atomic mass is 35.5. The molecule has 70 valence electrons. The molecule has 0 saturated heterocycles. The minimum Gasteiger partial charge on any atom is -0.504 e. The average molecular weight is 203 g/mol. The third-order valence-corrected chi connectivity index (χ3v) is 1.88. The molecule has 0 radical (unpaired) electrons. The Balaban J connectivity index is 3.26. The number of benzene rings is 1. The molecule has 0 aliphatic carbocycles. The molecule has 0 unspecified atom stereocenters. The topological polar surface area (TPSA) is 66.8 Å². The van der Waals surface area contributed by atoms with Crippen molar-refractivity contribution in [1.82, 2.24) is 0 Å². The van der Waals surface area contributed by atoms with Gasteiger partial charge in [-0.2, -0.15) is 0 Å². The lowest BCUT2D eigenvalue weighted by Crippen LogP contribution is -2.01. The van der Waals surface area contributed by atoms with Crippen molar-refractivity contribution in [3.63, 3.8) is 0 Å². The summed E-state index contributed by atoms with van der Waals surface area (Å²) in [6.45, 7) is 0. The van der Waals surface area contributed by atoms with Crippen molar-refractivity contribution >= 4 is 17.6 Å². The number of aromatic hydroxyl groups is 2. The van der Waals surface area contributed by atoms with Gasteiger partial charge >= 0.3 is 5.97 Å². The number of methoxy groups -OCH3 is 1. The van der Waals surface area contributed by atoms with Crippen LogP contribution in [0, 0.1) is 0 Å². The van der Waals surface area contributed by atoms with Crippen molar-refractivity contribution in [2.45, 2.75) is 0 Å². The lowest BCUT2D eigenvalue weighted by Gasteiger charge is -2.04. The standard InChI is InChI=1S/C8H7ClO4/c1-13-8(12)4-2-3-5(10)7(11)6(4)9/h2-3,10-11H,1H3. The molecule has 0 spiro atoms. The third-order valence-electron chi connectivity index (χ3n) is 1.50. The summed E-state index contributed by atoms with van der Waals surface area (Å²) in [6.07, 6.45) is 0. The van der Waals surface area contributed by atoms with Crippen LogP contribution in [0.2, 0.25) is 5.02 Å². The molecule has 0 heterocycles. The number of esters is 1. The summed E-state index contributed by atoms with van der Waals surface area (Å²) in [5.74, 6) is -1.57. The van der Waals surface area contributed by atoms with Crippen LogP contribution in [0.4, 0.5) is 0 Å². The van der Waals surface area contributed by atoms with Crippen molar-refractivity contribution in [1.29, 1.82) is 0 Å². The molecule has 13 heavy (non-hydrogen) atoms. The number of phenols is 2.